The number of fused-ring (bicyclic) bond motifs is 1. The summed E-state index contributed by atoms with van der Waals surface area (Å²) in [6.07, 6.45) is 0. The van der Waals surface area contributed by atoms with Crippen LogP contribution in [0.3, 0.4) is 0 Å². The highest BCUT2D eigenvalue weighted by Crippen LogP contribution is 2.32. The average molecular weight is 387 g/mol. The fraction of sp³-hybridized carbons (Fsp3) is 0.300. The topological polar surface area (TPSA) is 32.3 Å². The molecule has 0 spiro atoms. The van der Waals surface area contributed by atoms with E-state index >= 15 is 0 Å². The lowest BCUT2D eigenvalue weighted by Crippen LogP contribution is -2.46. The highest BCUT2D eigenvalue weighted by atomic mass is 35.5. The lowest BCUT2D eigenvalue weighted by Gasteiger charge is -2.35. The van der Waals surface area contributed by atoms with Gasteiger partial charge in [0.15, 0.2) is 5.82 Å². The maximum absolute atomic E-state index is 6.39. The number of halogens is 2. The summed E-state index contributed by atoms with van der Waals surface area (Å²) in [5, 5.41) is 2.34. The van der Waals surface area contributed by atoms with E-state index in [2.05, 4.69) is 16.7 Å². The van der Waals surface area contributed by atoms with Crippen molar-refractivity contribution in [1.29, 1.82) is 0 Å². The highest BCUT2D eigenvalue weighted by molar-refractivity contribution is 6.33. The minimum atomic E-state index is 0.637. The Morgan fingerprint density at radius 1 is 0.962 bits per heavy atom. The zero-order chi connectivity index (χ0) is 18.1. The maximum Gasteiger partial charge on any atom is 0.163 e. The van der Waals surface area contributed by atoms with Gasteiger partial charge in [-0.05, 0) is 36.9 Å². The van der Waals surface area contributed by atoms with Crippen LogP contribution in [-0.2, 0) is 0 Å². The zero-order valence-electron chi connectivity index (χ0n) is 14.6. The average Bonchev–Trinajstić information content (AvgIpc) is 2.67. The van der Waals surface area contributed by atoms with Crippen molar-refractivity contribution in [3.05, 3.63) is 52.5 Å². The number of aromatic nitrogens is 2. The number of nitrogens with zero attached hydrogens (tertiary/aromatic N) is 4. The Balaban J connectivity index is 1.84. The van der Waals surface area contributed by atoms with E-state index in [1.54, 1.807) is 0 Å². The van der Waals surface area contributed by atoms with Crippen molar-refractivity contribution in [1.82, 2.24) is 14.9 Å². The molecule has 0 unspecified atom stereocenters. The molecule has 0 atom stereocenters. The molecule has 4 rings (SSSR count). The number of benzene rings is 2. The normalized spacial score (nSPS) is 15.6. The smallest absolute Gasteiger partial charge is 0.163 e. The number of piperazine rings is 1. The molecule has 1 saturated heterocycles. The second-order valence-corrected chi connectivity index (χ2v) is 7.28. The zero-order valence-corrected chi connectivity index (χ0v) is 16.1. The number of hydrogen-bond donors (Lipinski definition) is 0. The Morgan fingerprint density at radius 3 is 2.46 bits per heavy atom. The van der Waals surface area contributed by atoms with Crippen molar-refractivity contribution in [3.63, 3.8) is 0 Å². The van der Waals surface area contributed by atoms with Crippen LogP contribution in [0.5, 0.6) is 0 Å². The number of rotatable bonds is 3. The van der Waals surface area contributed by atoms with Gasteiger partial charge in [-0.2, -0.15) is 0 Å². The third-order valence-corrected chi connectivity index (χ3v) is 5.44. The van der Waals surface area contributed by atoms with Crippen LogP contribution in [0, 0.1) is 0 Å². The molecule has 26 heavy (non-hydrogen) atoms. The summed E-state index contributed by atoms with van der Waals surface area (Å²) in [7, 11) is 0. The van der Waals surface area contributed by atoms with E-state index in [-0.39, 0.29) is 0 Å². The van der Waals surface area contributed by atoms with Crippen LogP contribution >= 0.6 is 23.2 Å². The van der Waals surface area contributed by atoms with Crippen molar-refractivity contribution >= 4 is 39.9 Å². The predicted molar refractivity (Wildman–Crippen MR) is 109 cm³/mol. The molecular formula is C20H20Cl2N4. The van der Waals surface area contributed by atoms with E-state index in [1.165, 1.54) is 0 Å². The number of likely N-dealkylation sites (N-methyl/N-ethyl adjacent to an activating group) is 1. The van der Waals surface area contributed by atoms with Crippen LogP contribution in [0.2, 0.25) is 10.0 Å². The van der Waals surface area contributed by atoms with Crippen LogP contribution < -0.4 is 4.90 Å². The second-order valence-electron chi connectivity index (χ2n) is 6.43. The summed E-state index contributed by atoms with van der Waals surface area (Å²) in [5.74, 6) is 1.59. The van der Waals surface area contributed by atoms with E-state index < -0.39 is 0 Å². The number of anilines is 1. The SMILES string of the molecule is CCN1CCN(c2nc(-c3ccccc3Cl)nc3cc(Cl)ccc23)CC1. The Bertz CT molecular complexity index is 936. The van der Waals surface area contributed by atoms with Gasteiger partial charge in [0.25, 0.3) is 0 Å². The van der Waals surface area contributed by atoms with Gasteiger partial charge in [-0.15, -0.1) is 0 Å². The molecule has 1 aliphatic rings. The van der Waals surface area contributed by atoms with Gasteiger partial charge in [0.2, 0.25) is 0 Å². The molecule has 6 heteroatoms. The molecule has 1 aliphatic heterocycles. The molecule has 0 N–H and O–H groups in total. The Morgan fingerprint density at radius 2 is 1.73 bits per heavy atom. The molecule has 3 aromatic rings. The standard InChI is InChI=1S/C20H20Cl2N4/c1-2-25-9-11-26(12-10-25)20-16-8-7-14(21)13-18(16)23-19(24-20)15-5-3-4-6-17(15)22/h3-8,13H,2,9-12H2,1H3. The highest BCUT2D eigenvalue weighted by Gasteiger charge is 2.21. The maximum atomic E-state index is 6.39. The third-order valence-electron chi connectivity index (χ3n) is 4.87. The quantitative estimate of drug-likeness (QED) is 0.650. The molecular weight excluding hydrogens is 367 g/mol. The Labute approximate surface area is 163 Å². The van der Waals surface area contributed by atoms with Crippen LogP contribution in [0.1, 0.15) is 6.92 Å². The number of hydrogen-bond acceptors (Lipinski definition) is 4. The van der Waals surface area contributed by atoms with E-state index in [9.17, 15) is 0 Å². The van der Waals surface area contributed by atoms with Crippen molar-refractivity contribution in [2.75, 3.05) is 37.6 Å². The van der Waals surface area contributed by atoms with Gasteiger partial charge in [0, 0.05) is 42.2 Å². The first-order chi connectivity index (χ1) is 12.7. The van der Waals surface area contributed by atoms with E-state index in [4.69, 9.17) is 33.2 Å². The molecule has 0 aliphatic carbocycles. The van der Waals surface area contributed by atoms with Gasteiger partial charge in [0.05, 0.1) is 10.5 Å². The van der Waals surface area contributed by atoms with E-state index in [1.807, 2.05) is 42.5 Å². The fourth-order valence-corrected chi connectivity index (χ4v) is 3.75. The summed E-state index contributed by atoms with van der Waals surface area (Å²) >= 11 is 12.6. The molecule has 0 amide bonds. The first-order valence-corrected chi connectivity index (χ1v) is 9.61. The fourth-order valence-electron chi connectivity index (χ4n) is 3.37. The van der Waals surface area contributed by atoms with Gasteiger partial charge < -0.3 is 9.80 Å². The molecule has 1 aromatic heterocycles. The van der Waals surface area contributed by atoms with Crippen molar-refractivity contribution in [3.8, 4) is 11.4 Å². The molecule has 0 saturated carbocycles. The summed E-state index contributed by atoms with van der Waals surface area (Å²) in [6, 6.07) is 13.5. The van der Waals surface area contributed by atoms with E-state index in [0.29, 0.717) is 15.9 Å². The Hall–Kier alpha value is -1.88. The van der Waals surface area contributed by atoms with Gasteiger partial charge in [-0.1, -0.05) is 42.3 Å². The van der Waals surface area contributed by atoms with E-state index in [0.717, 1.165) is 55.0 Å². The van der Waals surface area contributed by atoms with Crippen LogP contribution in [0.15, 0.2) is 42.5 Å². The first kappa shape index (κ1) is 17.5. The minimum absolute atomic E-state index is 0.637. The lowest BCUT2D eigenvalue weighted by molar-refractivity contribution is 0.271. The van der Waals surface area contributed by atoms with Crippen molar-refractivity contribution < 1.29 is 0 Å². The molecule has 2 heterocycles. The summed E-state index contributed by atoms with van der Waals surface area (Å²) in [6.45, 7) is 7.26. The molecule has 1 fully saturated rings. The largest absolute Gasteiger partial charge is 0.353 e. The molecule has 4 nitrogen and oxygen atoms in total. The van der Waals surface area contributed by atoms with Crippen LogP contribution in [0.25, 0.3) is 22.3 Å². The minimum Gasteiger partial charge on any atom is -0.353 e. The third kappa shape index (κ3) is 3.37. The first-order valence-electron chi connectivity index (χ1n) is 8.85. The van der Waals surface area contributed by atoms with Crippen LogP contribution in [0.4, 0.5) is 5.82 Å². The lowest BCUT2D eigenvalue weighted by atomic mass is 10.1. The van der Waals surface area contributed by atoms with Crippen molar-refractivity contribution in [2.45, 2.75) is 6.92 Å². The van der Waals surface area contributed by atoms with Crippen LogP contribution in [-0.4, -0.2) is 47.6 Å². The second kappa shape index (κ2) is 7.39. The summed E-state index contributed by atoms with van der Waals surface area (Å²) in [4.78, 5) is 14.4. The van der Waals surface area contributed by atoms with Crippen molar-refractivity contribution in [2.24, 2.45) is 0 Å². The summed E-state index contributed by atoms with van der Waals surface area (Å²) < 4.78 is 0. The van der Waals surface area contributed by atoms with Gasteiger partial charge in [-0.25, -0.2) is 9.97 Å². The molecule has 2 aromatic carbocycles. The van der Waals surface area contributed by atoms with Gasteiger partial charge in [0.1, 0.15) is 5.82 Å². The van der Waals surface area contributed by atoms with Gasteiger partial charge in [-0.3, -0.25) is 0 Å². The predicted octanol–water partition coefficient (Wildman–Crippen LogP) is 4.75. The molecule has 134 valence electrons. The summed E-state index contributed by atoms with van der Waals surface area (Å²) in [5.41, 5.74) is 1.68. The van der Waals surface area contributed by atoms with Gasteiger partial charge >= 0.3 is 0 Å². The molecule has 0 bridgehead atoms. The Kier molecular flexibility index (Phi) is 4.98. The monoisotopic (exact) mass is 386 g/mol. The molecule has 0 radical (unpaired) electrons.